The van der Waals surface area contributed by atoms with Crippen molar-refractivity contribution in [1.82, 2.24) is 10.3 Å². The monoisotopic (exact) mass is 328 g/mol. The number of aromatic nitrogens is 1. The van der Waals surface area contributed by atoms with Crippen LogP contribution in [0.15, 0.2) is 48.7 Å². The molecule has 1 fully saturated rings. The lowest BCUT2D eigenvalue weighted by Crippen LogP contribution is -2.45. The molecule has 0 bridgehead atoms. The van der Waals surface area contributed by atoms with E-state index in [0.29, 0.717) is 6.42 Å². The van der Waals surface area contributed by atoms with Crippen molar-refractivity contribution < 1.29 is 19.7 Å². The van der Waals surface area contributed by atoms with Gasteiger partial charge in [0.1, 0.15) is 17.5 Å². The zero-order chi connectivity index (χ0) is 17.1. The molecular formula is C18H20N2O4. The highest BCUT2D eigenvalue weighted by molar-refractivity contribution is 5.92. The maximum Gasteiger partial charge on any atom is 0.270 e. The SMILES string of the molecule is COc1ccc(C2CC(O)C(O)C2NC(=O)c2ccccn2)cc1. The van der Waals surface area contributed by atoms with Crippen LogP contribution in [0.25, 0.3) is 0 Å². The van der Waals surface area contributed by atoms with Crippen molar-refractivity contribution in [2.24, 2.45) is 0 Å². The summed E-state index contributed by atoms with van der Waals surface area (Å²) >= 11 is 0. The van der Waals surface area contributed by atoms with Crippen LogP contribution < -0.4 is 10.1 Å². The van der Waals surface area contributed by atoms with Crippen molar-refractivity contribution in [1.29, 1.82) is 0 Å². The minimum atomic E-state index is -1.02. The first-order chi connectivity index (χ1) is 11.6. The third-order valence-electron chi connectivity index (χ3n) is 4.43. The number of ether oxygens (including phenoxy) is 1. The van der Waals surface area contributed by atoms with Gasteiger partial charge in [0.05, 0.1) is 19.3 Å². The van der Waals surface area contributed by atoms with Crippen LogP contribution in [-0.4, -0.2) is 46.5 Å². The molecule has 126 valence electrons. The van der Waals surface area contributed by atoms with Crippen molar-refractivity contribution in [2.75, 3.05) is 7.11 Å². The second kappa shape index (κ2) is 6.98. The molecular weight excluding hydrogens is 308 g/mol. The molecule has 0 spiro atoms. The summed E-state index contributed by atoms with van der Waals surface area (Å²) in [5.74, 6) is 0.174. The summed E-state index contributed by atoms with van der Waals surface area (Å²) in [4.78, 5) is 16.4. The highest BCUT2D eigenvalue weighted by atomic mass is 16.5. The van der Waals surface area contributed by atoms with Crippen molar-refractivity contribution in [3.63, 3.8) is 0 Å². The highest BCUT2D eigenvalue weighted by Gasteiger charge is 2.43. The molecule has 1 amide bonds. The minimum absolute atomic E-state index is 0.187. The van der Waals surface area contributed by atoms with Gasteiger partial charge in [0.25, 0.3) is 5.91 Å². The third kappa shape index (κ3) is 3.25. The molecule has 0 saturated heterocycles. The molecule has 3 N–H and O–H groups in total. The molecule has 1 aromatic heterocycles. The quantitative estimate of drug-likeness (QED) is 0.782. The Morgan fingerprint density at radius 2 is 1.96 bits per heavy atom. The number of methoxy groups -OCH3 is 1. The standard InChI is InChI=1S/C18H20N2O4/c1-24-12-7-5-11(6-8-12)13-10-15(21)17(22)16(13)20-18(23)14-4-2-3-9-19-14/h2-9,13,15-17,21-22H,10H2,1H3,(H,20,23). The summed E-state index contributed by atoms with van der Waals surface area (Å²) in [5, 5.41) is 23.1. The van der Waals surface area contributed by atoms with E-state index in [9.17, 15) is 15.0 Å². The van der Waals surface area contributed by atoms with Gasteiger partial charge in [-0.15, -0.1) is 0 Å². The number of carbonyl (C=O) groups is 1. The summed E-state index contributed by atoms with van der Waals surface area (Å²) in [6.45, 7) is 0. The van der Waals surface area contributed by atoms with E-state index >= 15 is 0 Å². The number of benzene rings is 1. The van der Waals surface area contributed by atoms with Crippen LogP contribution in [0.5, 0.6) is 5.75 Å². The maximum absolute atomic E-state index is 12.3. The number of hydrogen-bond acceptors (Lipinski definition) is 5. The lowest BCUT2D eigenvalue weighted by molar-refractivity contribution is 0.0294. The molecule has 1 saturated carbocycles. The number of nitrogens with zero attached hydrogens (tertiary/aromatic N) is 1. The van der Waals surface area contributed by atoms with E-state index in [1.165, 1.54) is 6.20 Å². The summed E-state index contributed by atoms with van der Waals surface area (Å²) < 4.78 is 5.15. The number of rotatable bonds is 4. The Morgan fingerprint density at radius 3 is 2.58 bits per heavy atom. The first-order valence-electron chi connectivity index (χ1n) is 7.82. The Balaban J connectivity index is 1.81. The Labute approximate surface area is 140 Å². The largest absolute Gasteiger partial charge is 0.497 e. The number of nitrogens with one attached hydrogen (secondary N) is 1. The predicted octanol–water partition coefficient (Wildman–Crippen LogP) is 1.10. The fourth-order valence-corrected chi connectivity index (χ4v) is 3.13. The fourth-order valence-electron chi connectivity index (χ4n) is 3.13. The van der Waals surface area contributed by atoms with E-state index in [0.717, 1.165) is 11.3 Å². The van der Waals surface area contributed by atoms with Gasteiger partial charge in [0.2, 0.25) is 0 Å². The van der Waals surface area contributed by atoms with E-state index in [-0.39, 0.29) is 17.5 Å². The highest BCUT2D eigenvalue weighted by Crippen LogP contribution is 2.36. The van der Waals surface area contributed by atoms with Crippen molar-refractivity contribution in [3.05, 3.63) is 59.9 Å². The van der Waals surface area contributed by atoms with Gasteiger partial charge in [-0.05, 0) is 36.2 Å². The summed E-state index contributed by atoms with van der Waals surface area (Å²) in [7, 11) is 1.59. The molecule has 1 aliphatic rings. The number of amides is 1. The Bertz CT molecular complexity index is 690. The van der Waals surface area contributed by atoms with E-state index < -0.39 is 18.2 Å². The molecule has 1 aromatic carbocycles. The summed E-state index contributed by atoms with van der Waals surface area (Å²) in [5.41, 5.74) is 1.21. The fraction of sp³-hybridized carbons (Fsp3) is 0.333. The lowest BCUT2D eigenvalue weighted by atomic mass is 9.93. The average Bonchev–Trinajstić information content (AvgIpc) is 2.91. The zero-order valence-corrected chi connectivity index (χ0v) is 13.3. The van der Waals surface area contributed by atoms with E-state index in [4.69, 9.17) is 4.74 Å². The first-order valence-corrected chi connectivity index (χ1v) is 7.82. The lowest BCUT2D eigenvalue weighted by Gasteiger charge is -2.23. The molecule has 0 radical (unpaired) electrons. The number of aliphatic hydroxyl groups is 2. The molecule has 0 aliphatic heterocycles. The third-order valence-corrected chi connectivity index (χ3v) is 4.43. The number of pyridine rings is 1. The van der Waals surface area contributed by atoms with E-state index in [2.05, 4.69) is 10.3 Å². The van der Waals surface area contributed by atoms with Gasteiger partial charge in [0, 0.05) is 12.1 Å². The smallest absolute Gasteiger partial charge is 0.270 e. The second-order valence-electron chi connectivity index (χ2n) is 5.89. The molecule has 4 atom stereocenters. The maximum atomic E-state index is 12.3. The number of hydrogen-bond donors (Lipinski definition) is 3. The number of carbonyl (C=O) groups excluding carboxylic acids is 1. The normalized spacial score (nSPS) is 26.1. The molecule has 1 aliphatic carbocycles. The molecule has 6 heteroatoms. The van der Waals surface area contributed by atoms with Crippen LogP contribution in [-0.2, 0) is 0 Å². The topological polar surface area (TPSA) is 91.7 Å². The second-order valence-corrected chi connectivity index (χ2v) is 5.89. The Morgan fingerprint density at radius 1 is 1.21 bits per heavy atom. The van der Waals surface area contributed by atoms with Crippen LogP contribution in [0.1, 0.15) is 28.4 Å². The minimum Gasteiger partial charge on any atom is -0.497 e. The van der Waals surface area contributed by atoms with Crippen molar-refractivity contribution in [3.8, 4) is 5.75 Å². The van der Waals surface area contributed by atoms with Crippen LogP contribution in [0.4, 0.5) is 0 Å². The van der Waals surface area contributed by atoms with Crippen molar-refractivity contribution in [2.45, 2.75) is 30.6 Å². The van der Waals surface area contributed by atoms with Gasteiger partial charge >= 0.3 is 0 Å². The number of aliphatic hydroxyl groups excluding tert-OH is 2. The zero-order valence-electron chi connectivity index (χ0n) is 13.3. The van der Waals surface area contributed by atoms with Gasteiger partial charge < -0.3 is 20.3 Å². The molecule has 24 heavy (non-hydrogen) atoms. The van der Waals surface area contributed by atoms with Gasteiger partial charge in [-0.2, -0.15) is 0 Å². The predicted molar refractivity (Wildman–Crippen MR) is 87.9 cm³/mol. The van der Waals surface area contributed by atoms with Gasteiger partial charge in [0.15, 0.2) is 0 Å². The molecule has 6 nitrogen and oxygen atoms in total. The Hall–Kier alpha value is -2.44. The molecule has 4 unspecified atom stereocenters. The van der Waals surface area contributed by atoms with Crippen LogP contribution in [0.3, 0.4) is 0 Å². The summed E-state index contributed by atoms with van der Waals surface area (Å²) in [6, 6.07) is 11.9. The average molecular weight is 328 g/mol. The van der Waals surface area contributed by atoms with Gasteiger partial charge in [-0.25, -0.2) is 0 Å². The van der Waals surface area contributed by atoms with Gasteiger partial charge in [-0.1, -0.05) is 18.2 Å². The van der Waals surface area contributed by atoms with E-state index in [1.54, 1.807) is 25.3 Å². The van der Waals surface area contributed by atoms with Crippen molar-refractivity contribution >= 4 is 5.91 Å². The summed E-state index contributed by atoms with van der Waals surface area (Å²) in [6.07, 6.45) is 0.00657. The first kappa shape index (κ1) is 16.4. The molecule has 1 heterocycles. The van der Waals surface area contributed by atoms with Crippen LogP contribution in [0.2, 0.25) is 0 Å². The van der Waals surface area contributed by atoms with E-state index in [1.807, 2.05) is 24.3 Å². The van der Waals surface area contributed by atoms with Crippen LogP contribution in [0, 0.1) is 0 Å². The Kier molecular flexibility index (Phi) is 4.78. The van der Waals surface area contributed by atoms with Crippen LogP contribution >= 0.6 is 0 Å². The molecule has 2 aromatic rings. The molecule has 3 rings (SSSR count). The van der Waals surface area contributed by atoms with Gasteiger partial charge in [-0.3, -0.25) is 9.78 Å².